The molecule has 0 amide bonds. The van der Waals surface area contributed by atoms with Crippen LogP contribution >= 0.6 is 0 Å². The highest BCUT2D eigenvalue weighted by atomic mass is 19.1. The third kappa shape index (κ3) is 3.25. The quantitative estimate of drug-likeness (QED) is 0.830. The lowest BCUT2D eigenvalue weighted by Crippen LogP contribution is -2.27. The molecule has 0 heterocycles. The average molecular weight is 239 g/mol. The van der Waals surface area contributed by atoms with Crippen molar-refractivity contribution in [3.63, 3.8) is 0 Å². The maximum atomic E-state index is 13.7. The van der Waals surface area contributed by atoms with Crippen molar-refractivity contribution in [3.8, 4) is 0 Å². The zero-order valence-electron chi connectivity index (χ0n) is 10.4. The van der Waals surface area contributed by atoms with Crippen molar-refractivity contribution in [2.24, 2.45) is 0 Å². The third-order valence-electron chi connectivity index (χ3n) is 3.42. The van der Waals surface area contributed by atoms with Gasteiger partial charge in [-0.1, -0.05) is 13.8 Å². The van der Waals surface area contributed by atoms with Crippen molar-refractivity contribution in [2.45, 2.75) is 44.6 Å². The first kappa shape index (κ1) is 12.5. The number of benzene rings is 1. The van der Waals surface area contributed by atoms with Crippen LogP contribution in [0.4, 0.5) is 8.78 Å². The van der Waals surface area contributed by atoms with E-state index in [2.05, 4.69) is 5.32 Å². The molecule has 0 atom stereocenters. The molecule has 0 radical (unpaired) electrons. The van der Waals surface area contributed by atoms with Crippen LogP contribution in [0, 0.1) is 11.6 Å². The summed E-state index contributed by atoms with van der Waals surface area (Å²) >= 11 is 0. The fourth-order valence-corrected chi connectivity index (χ4v) is 2.03. The Bertz CT molecular complexity index is 397. The number of hydrogen-bond acceptors (Lipinski definition) is 1. The van der Waals surface area contributed by atoms with E-state index in [1.165, 1.54) is 25.0 Å². The molecule has 17 heavy (non-hydrogen) atoms. The average Bonchev–Trinajstić information content (AvgIpc) is 3.05. The minimum Gasteiger partial charge on any atom is -0.314 e. The molecule has 0 spiro atoms. The number of rotatable bonds is 5. The summed E-state index contributed by atoms with van der Waals surface area (Å²) in [5.74, 6) is -0.688. The summed E-state index contributed by atoms with van der Waals surface area (Å²) in [6.07, 6.45) is 3.30. The largest absolute Gasteiger partial charge is 0.314 e. The highest BCUT2D eigenvalue weighted by Crippen LogP contribution is 2.30. The van der Waals surface area contributed by atoms with Gasteiger partial charge in [0.1, 0.15) is 11.6 Å². The topological polar surface area (TPSA) is 12.0 Å². The van der Waals surface area contributed by atoms with Gasteiger partial charge in [-0.05, 0) is 55.0 Å². The molecule has 0 aromatic heterocycles. The standard InChI is InChI=1S/C14H19F2N/c1-14(2,7-8-17-11-4-5-11)12-9-10(15)3-6-13(12)16/h3,6,9,11,17H,4-5,7-8H2,1-2H3. The predicted molar refractivity (Wildman–Crippen MR) is 65.0 cm³/mol. The Morgan fingerprint density at radius 3 is 2.65 bits per heavy atom. The molecule has 3 heteroatoms. The van der Waals surface area contributed by atoms with Crippen LogP contribution in [0.1, 0.15) is 38.7 Å². The van der Waals surface area contributed by atoms with Crippen LogP contribution in [-0.4, -0.2) is 12.6 Å². The van der Waals surface area contributed by atoms with E-state index in [4.69, 9.17) is 0 Å². The van der Waals surface area contributed by atoms with Crippen LogP contribution in [-0.2, 0) is 5.41 Å². The summed E-state index contributed by atoms with van der Waals surface area (Å²) in [4.78, 5) is 0. The molecule has 94 valence electrons. The summed E-state index contributed by atoms with van der Waals surface area (Å²) < 4.78 is 26.8. The number of nitrogens with one attached hydrogen (secondary N) is 1. The Labute approximate surface area is 101 Å². The molecule has 0 aliphatic heterocycles. The molecule has 1 aromatic carbocycles. The van der Waals surface area contributed by atoms with Gasteiger partial charge in [-0.2, -0.15) is 0 Å². The Kier molecular flexibility index (Phi) is 3.48. The highest BCUT2D eigenvalue weighted by molar-refractivity contribution is 5.26. The monoisotopic (exact) mass is 239 g/mol. The molecule has 1 saturated carbocycles. The smallest absolute Gasteiger partial charge is 0.127 e. The minimum atomic E-state index is -0.371. The molecule has 0 saturated heterocycles. The second kappa shape index (κ2) is 4.73. The zero-order chi connectivity index (χ0) is 12.5. The van der Waals surface area contributed by atoms with Gasteiger partial charge in [0.25, 0.3) is 0 Å². The van der Waals surface area contributed by atoms with Gasteiger partial charge < -0.3 is 5.32 Å². The molecule has 2 rings (SSSR count). The van der Waals surface area contributed by atoms with E-state index in [1.54, 1.807) is 0 Å². The van der Waals surface area contributed by atoms with Gasteiger partial charge in [0.15, 0.2) is 0 Å². The maximum Gasteiger partial charge on any atom is 0.127 e. The Morgan fingerprint density at radius 2 is 2.00 bits per heavy atom. The molecule has 1 nitrogen and oxygen atoms in total. The molecule has 1 aliphatic carbocycles. The normalized spacial score (nSPS) is 16.2. The molecule has 1 aromatic rings. The van der Waals surface area contributed by atoms with Crippen molar-refractivity contribution in [1.82, 2.24) is 5.32 Å². The van der Waals surface area contributed by atoms with Crippen LogP contribution in [0.2, 0.25) is 0 Å². The number of halogens is 2. The van der Waals surface area contributed by atoms with E-state index >= 15 is 0 Å². The van der Waals surface area contributed by atoms with Crippen LogP contribution < -0.4 is 5.32 Å². The lowest BCUT2D eigenvalue weighted by molar-refractivity contribution is 0.429. The van der Waals surface area contributed by atoms with Crippen LogP contribution in [0.25, 0.3) is 0 Å². The first-order valence-electron chi connectivity index (χ1n) is 6.18. The lowest BCUT2D eigenvalue weighted by atomic mass is 9.81. The zero-order valence-corrected chi connectivity index (χ0v) is 10.4. The van der Waals surface area contributed by atoms with E-state index in [0.717, 1.165) is 19.0 Å². The van der Waals surface area contributed by atoms with Crippen molar-refractivity contribution in [1.29, 1.82) is 0 Å². The third-order valence-corrected chi connectivity index (χ3v) is 3.42. The number of hydrogen-bond donors (Lipinski definition) is 1. The Morgan fingerprint density at radius 1 is 1.29 bits per heavy atom. The summed E-state index contributed by atoms with van der Waals surface area (Å²) in [5, 5.41) is 3.40. The Balaban J connectivity index is 2.03. The van der Waals surface area contributed by atoms with Gasteiger partial charge in [0.05, 0.1) is 0 Å². The van der Waals surface area contributed by atoms with Gasteiger partial charge in [-0.15, -0.1) is 0 Å². The van der Waals surface area contributed by atoms with Gasteiger partial charge in [-0.3, -0.25) is 0 Å². The van der Waals surface area contributed by atoms with Crippen molar-refractivity contribution in [3.05, 3.63) is 35.4 Å². The summed E-state index contributed by atoms with van der Waals surface area (Å²) in [6.45, 7) is 4.77. The van der Waals surface area contributed by atoms with Gasteiger partial charge in [0.2, 0.25) is 0 Å². The highest BCUT2D eigenvalue weighted by Gasteiger charge is 2.26. The van der Waals surface area contributed by atoms with Gasteiger partial charge in [0, 0.05) is 6.04 Å². The first-order chi connectivity index (χ1) is 7.99. The molecule has 0 bridgehead atoms. The van der Waals surface area contributed by atoms with Crippen molar-refractivity contribution in [2.75, 3.05) is 6.54 Å². The minimum absolute atomic E-state index is 0.317. The maximum absolute atomic E-state index is 13.7. The second-order valence-corrected chi connectivity index (χ2v) is 5.49. The summed E-state index contributed by atoms with van der Waals surface area (Å²) in [6, 6.07) is 4.34. The van der Waals surface area contributed by atoms with Crippen LogP contribution in [0.15, 0.2) is 18.2 Å². The molecule has 1 N–H and O–H groups in total. The second-order valence-electron chi connectivity index (χ2n) is 5.49. The summed E-state index contributed by atoms with van der Waals surface area (Å²) in [7, 11) is 0. The van der Waals surface area contributed by atoms with E-state index in [-0.39, 0.29) is 17.0 Å². The van der Waals surface area contributed by atoms with E-state index in [1.807, 2.05) is 13.8 Å². The lowest BCUT2D eigenvalue weighted by Gasteiger charge is -2.26. The van der Waals surface area contributed by atoms with Gasteiger partial charge in [-0.25, -0.2) is 8.78 Å². The predicted octanol–water partition coefficient (Wildman–Crippen LogP) is 3.38. The van der Waals surface area contributed by atoms with E-state index < -0.39 is 0 Å². The summed E-state index contributed by atoms with van der Waals surface area (Å²) in [5.41, 5.74) is 0.128. The van der Waals surface area contributed by atoms with Crippen molar-refractivity contribution >= 4 is 0 Å². The van der Waals surface area contributed by atoms with Gasteiger partial charge >= 0.3 is 0 Å². The first-order valence-corrected chi connectivity index (χ1v) is 6.18. The molecular formula is C14H19F2N. The SMILES string of the molecule is CC(C)(CCNC1CC1)c1cc(F)ccc1F. The molecular weight excluding hydrogens is 220 g/mol. The van der Waals surface area contributed by atoms with Crippen molar-refractivity contribution < 1.29 is 8.78 Å². The van der Waals surface area contributed by atoms with Crippen LogP contribution in [0.3, 0.4) is 0 Å². The molecule has 1 fully saturated rings. The Hall–Kier alpha value is -0.960. The molecule has 1 aliphatic rings. The fraction of sp³-hybridized carbons (Fsp3) is 0.571. The molecule has 0 unspecified atom stereocenters. The fourth-order valence-electron chi connectivity index (χ4n) is 2.03. The van der Waals surface area contributed by atoms with E-state index in [9.17, 15) is 8.78 Å². The van der Waals surface area contributed by atoms with E-state index in [0.29, 0.717) is 11.6 Å². The van der Waals surface area contributed by atoms with Crippen LogP contribution in [0.5, 0.6) is 0 Å².